The lowest BCUT2D eigenvalue weighted by Crippen LogP contribution is -2.35. The zero-order valence-corrected chi connectivity index (χ0v) is 8.78. The van der Waals surface area contributed by atoms with Gasteiger partial charge in [0.15, 0.2) is 0 Å². The van der Waals surface area contributed by atoms with E-state index < -0.39 is 18.6 Å². The summed E-state index contributed by atoms with van der Waals surface area (Å²) in [5, 5.41) is 9.18. The predicted molar refractivity (Wildman–Crippen MR) is 56.3 cm³/mol. The molecule has 82 valence electrons. The number of hydrogen-bond acceptors (Lipinski definition) is 4. The monoisotopic (exact) mass is 229 g/mol. The number of nitrogens with two attached hydrogens (primary N) is 1. The van der Waals surface area contributed by atoms with E-state index in [0.717, 1.165) is 5.56 Å². The van der Waals surface area contributed by atoms with Crippen LogP contribution < -0.4 is 5.73 Å². The lowest BCUT2D eigenvalue weighted by molar-refractivity contribution is -0.147. The van der Waals surface area contributed by atoms with Crippen LogP contribution in [0.2, 0.25) is 5.02 Å². The van der Waals surface area contributed by atoms with Crippen molar-refractivity contribution in [2.45, 2.75) is 12.6 Å². The van der Waals surface area contributed by atoms with Gasteiger partial charge in [0.1, 0.15) is 12.6 Å². The molecule has 1 rings (SSSR count). The fourth-order valence-electron chi connectivity index (χ4n) is 0.963. The lowest BCUT2D eigenvalue weighted by Gasteiger charge is -2.08. The minimum absolute atomic E-state index is 0.104. The summed E-state index contributed by atoms with van der Waals surface area (Å²) >= 11 is 5.74. The first-order valence-electron chi connectivity index (χ1n) is 4.41. The van der Waals surface area contributed by atoms with E-state index >= 15 is 0 Å². The van der Waals surface area contributed by atoms with Gasteiger partial charge in [-0.05, 0) is 17.7 Å². The third-order valence-corrected chi connectivity index (χ3v) is 2.00. The van der Waals surface area contributed by atoms with Crippen LogP contribution in [0.4, 0.5) is 0 Å². The molecular weight excluding hydrogens is 218 g/mol. The minimum Gasteiger partial charge on any atom is -0.460 e. The van der Waals surface area contributed by atoms with Crippen molar-refractivity contribution in [1.29, 1.82) is 0 Å². The summed E-state index contributed by atoms with van der Waals surface area (Å²) in [6.07, 6.45) is 0. The quantitative estimate of drug-likeness (QED) is 0.746. The fraction of sp³-hybridized carbons (Fsp3) is 0.300. The maximum atomic E-state index is 11.1. The molecule has 0 fully saturated rings. The molecule has 0 aliphatic carbocycles. The Morgan fingerprint density at radius 3 is 2.93 bits per heavy atom. The van der Waals surface area contributed by atoms with Gasteiger partial charge in [0.05, 0.1) is 6.61 Å². The van der Waals surface area contributed by atoms with E-state index in [1.807, 2.05) is 0 Å². The van der Waals surface area contributed by atoms with Crippen LogP contribution in [-0.2, 0) is 16.1 Å². The van der Waals surface area contributed by atoms with Gasteiger partial charge < -0.3 is 15.6 Å². The summed E-state index contributed by atoms with van der Waals surface area (Å²) in [5.74, 6) is -0.627. The topological polar surface area (TPSA) is 72.5 Å². The van der Waals surface area contributed by atoms with Crippen molar-refractivity contribution in [3.05, 3.63) is 34.9 Å². The summed E-state index contributed by atoms with van der Waals surface area (Å²) in [7, 11) is 0. The molecule has 1 aromatic rings. The maximum Gasteiger partial charge on any atom is 0.325 e. The third kappa shape index (κ3) is 3.87. The van der Waals surface area contributed by atoms with Gasteiger partial charge in [-0.25, -0.2) is 0 Å². The molecule has 0 aromatic heterocycles. The highest BCUT2D eigenvalue weighted by molar-refractivity contribution is 6.30. The third-order valence-electron chi connectivity index (χ3n) is 1.77. The summed E-state index contributed by atoms with van der Waals surface area (Å²) in [6, 6.07) is 5.98. The van der Waals surface area contributed by atoms with Crippen molar-refractivity contribution < 1.29 is 14.6 Å². The van der Waals surface area contributed by atoms with E-state index in [0.29, 0.717) is 5.02 Å². The molecule has 0 unspecified atom stereocenters. The zero-order valence-electron chi connectivity index (χ0n) is 8.02. The van der Waals surface area contributed by atoms with Gasteiger partial charge in [-0.3, -0.25) is 4.79 Å². The van der Waals surface area contributed by atoms with E-state index in [2.05, 4.69) is 0 Å². The van der Waals surface area contributed by atoms with Crippen molar-refractivity contribution in [2.24, 2.45) is 5.73 Å². The van der Waals surface area contributed by atoms with Crippen LogP contribution in [0.5, 0.6) is 0 Å². The Bertz CT molecular complexity index is 343. The van der Waals surface area contributed by atoms with Crippen molar-refractivity contribution >= 4 is 17.6 Å². The second-order valence-electron chi connectivity index (χ2n) is 3.03. The average molecular weight is 230 g/mol. The molecule has 15 heavy (non-hydrogen) atoms. The lowest BCUT2D eigenvalue weighted by atomic mass is 10.2. The average Bonchev–Trinajstić information content (AvgIpc) is 2.25. The van der Waals surface area contributed by atoms with Crippen LogP contribution in [0.25, 0.3) is 0 Å². The Kier molecular flexibility index (Phi) is 4.55. The molecule has 1 atom stereocenters. The van der Waals surface area contributed by atoms with Gasteiger partial charge in [-0.15, -0.1) is 0 Å². The Morgan fingerprint density at radius 1 is 1.60 bits per heavy atom. The van der Waals surface area contributed by atoms with Crippen molar-refractivity contribution in [1.82, 2.24) is 0 Å². The first-order chi connectivity index (χ1) is 7.13. The number of rotatable bonds is 4. The molecule has 0 aliphatic heterocycles. The number of halogens is 1. The second-order valence-corrected chi connectivity index (χ2v) is 3.46. The molecule has 0 spiro atoms. The molecule has 0 saturated heterocycles. The van der Waals surface area contributed by atoms with Gasteiger partial charge >= 0.3 is 5.97 Å². The van der Waals surface area contributed by atoms with Gasteiger partial charge in [-0.1, -0.05) is 23.7 Å². The van der Waals surface area contributed by atoms with E-state index in [4.69, 9.17) is 27.2 Å². The molecule has 0 heterocycles. The first kappa shape index (κ1) is 12.0. The highest BCUT2D eigenvalue weighted by atomic mass is 35.5. The van der Waals surface area contributed by atoms with E-state index in [9.17, 15) is 4.79 Å². The van der Waals surface area contributed by atoms with Crippen molar-refractivity contribution in [2.75, 3.05) is 6.61 Å². The number of carbonyl (C=O) groups is 1. The smallest absolute Gasteiger partial charge is 0.325 e. The Balaban J connectivity index is 2.47. The normalized spacial score (nSPS) is 12.2. The van der Waals surface area contributed by atoms with Gasteiger partial charge in [0.2, 0.25) is 0 Å². The van der Waals surface area contributed by atoms with Crippen LogP contribution in [0.3, 0.4) is 0 Å². The molecule has 0 amide bonds. The summed E-state index contributed by atoms with van der Waals surface area (Å²) in [5.41, 5.74) is 6.04. The van der Waals surface area contributed by atoms with Gasteiger partial charge in [-0.2, -0.15) is 0 Å². The summed E-state index contributed by atoms with van der Waals surface area (Å²) < 4.78 is 4.85. The Hall–Kier alpha value is -1.10. The number of ether oxygens (including phenoxy) is 1. The Morgan fingerprint density at radius 2 is 2.33 bits per heavy atom. The second kappa shape index (κ2) is 5.70. The molecule has 0 aliphatic rings. The Labute approximate surface area is 92.6 Å². The molecule has 4 nitrogen and oxygen atoms in total. The van der Waals surface area contributed by atoms with Crippen LogP contribution in [0.15, 0.2) is 24.3 Å². The van der Waals surface area contributed by atoms with E-state index in [1.54, 1.807) is 24.3 Å². The standard InChI is InChI=1S/C10H12ClNO3/c11-8-3-1-2-7(4-8)6-15-10(14)9(12)5-13/h1-4,9,13H,5-6,12H2/t9-/m0/s1. The van der Waals surface area contributed by atoms with E-state index in [1.165, 1.54) is 0 Å². The number of hydrogen-bond donors (Lipinski definition) is 2. The first-order valence-corrected chi connectivity index (χ1v) is 4.79. The van der Waals surface area contributed by atoms with Crippen LogP contribution in [0, 0.1) is 0 Å². The molecule has 1 aromatic carbocycles. The molecule has 0 radical (unpaired) electrons. The largest absolute Gasteiger partial charge is 0.460 e. The minimum atomic E-state index is -0.982. The number of carbonyl (C=O) groups excluding carboxylic acids is 1. The maximum absolute atomic E-state index is 11.1. The number of aliphatic hydroxyl groups is 1. The van der Waals surface area contributed by atoms with Crippen LogP contribution >= 0.6 is 11.6 Å². The SMILES string of the molecule is N[C@@H](CO)C(=O)OCc1cccc(Cl)c1. The number of aliphatic hydroxyl groups excluding tert-OH is 1. The highest BCUT2D eigenvalue weighted by Crippen LogP contribution is 2.11. The highest BCUT2D eigenvalue weighted by Gasteiger charge is 2.13. The molecule has 5 heteroatoms. The van der Waals surface area contributed by atoms with E-state index in [-0.39, 0.29) is 6.61 Å². The van der Waals surface area contributed by atoms with Gasteiger partial charge in [0.25, 0.3) is 0 Å². The zero-order chi connectivity index (χ0) is 11.3. The van der Waals surface area contributed by atoms with Crippen LogP contribution in [-0.4, -0.2) is 23.7 Å². The predicted octanol–water partition coefficient (Wildman–Crippen LogP) is 0.703. The number of esters is 1. The number of benzene rings is 1. The van der Waals surface area contributed by atoms with Gasteiger partial charge in [0, 0.05) is 5.02 Å². The van der Waals surface area contributed by atoms with Crippen molar-refractivity contribution in [3.8, 4) is 0 Å². The fourth-order valence-corrected chi connectivity index (χ4v) is 1.18. The molecular formula is C10H12ClNO3. The molecule has 0 bridgehead atoms. The molecule has 3 N–H and O–H groups in total. The van der Waals surface area contributed by atoms with Crippen LogP contribution in [0.1, 0.15) is 5.56 Å². The van der Waals surface area contributed by atoms with Crippen molar-refractivity contribution in [3.63, 3.8) is 0 Å². The summed E-state index contributed by atoms with van der Waals surface area (Å²) in [4.78, 5) is 11.1. The summed E-state index contributed by atoms with van der Waals surface area (Å²) in [6.45, 7) is -0.318. The molecule has 0 saturated carbocycles.